The first-order valence-electron chi connectivity index (χ1n) is 5.95. The van der Waals surface area contributed by atoms with E-state index < -0.39 is 0 Å². The van der Waals surface area contributed by atoms with Crippen molar-refractivity contribution in [3.05, 3.63) is 21.9 Å². The second kappa shape index (κ2) is 6.02. The van der Waals surface area contributed by atoms with Crippen LogP contribution in [0.5, 0.6) is 0 Å². The van der Waals surface area contributed by atoms with Gasteiger partial charge in [-0.3, -0.25) is 0 Å². The molecule has 0 bridgehead atoms. The summed E-state index contributed by atoms with van der Waals surface area (Å²) in [5, 5.41) is 3.11. The minimum atomic E-state index is 0.299. The molecule has 1 aromatic heterocycles. The molecule has 1 atom stereocenters. The molecular formula is C12H19N3OS. The summed E-state index contributed by atoms with van der Waals surface area (Å²) in [4.78, 5) is 6.85. The highest BCUT2D eigenvalue weighted by atomic mass is 32.1. The van der Waals surface area contributed by atoms with E-state index >= 15 is 0 Å². The number of hydrogen-bond donors (Lipinski definition) is 2. The van der Waals surface area contributed by atoms with Gasteiger partial charge in [-0.15, -0.1) is 11.3 Å². The van der Waals surface area contributed by atoms with Crippen molar-refractivity contribution < 1.29 is 4.74 Å². The second-order valence-corrected chi connectivity index (χ2v) is 5.60. The third kappa shape index (κ3) is 4.02. The van der Waals surface area contributed by atoms with Gasteiger partial charge in [0.25, 0.3) is 0 Å². The number of guanidine groups is 1. The predicted octanol–water partition coefficient (Wildman–Crippen LogP) is 1.64. The Kier molecular flexibility index (Phi) is 4.39. The highest BCUT2D eigenvalue weighted by molar-refractivity contribution is 7.11. The fourth-order valence-electron chi connectivity index (χ4n) is 1.81. The van der Waals surface area contributed by atoms with E-state index in [0.717, 1.165) is 26.0 Å². The van der Waals surface area contributed by atoms with Crippen molar-refractivity contribution in [1.82, 2.24) is 5.32 Å². The number of aryl methyl sites for hydroxylation is 1. The van der Waals surface area contributed by atoms with Crippen LogP contribution in [0.1, 0.15) is 22.6 Å². The van der Waals surface area contributed by atoms with E-state index in [-0.39, 0.29) is 0 Å². The van der Waals surface area contributed by atoms with Gasteiger partial charge in [0.05, 0.1) is 12.6 Å². The molecule has 0 spiro atoms. The summed E-state index contributed by atoms with van der Waals surface area (Å²) in [6.07, 6.45) is 2.56. The summed E-state index contributed by atoms with van der Waals surface area (Å²) in [6, 6.07) is 4.20. The maximum absolute atomic E-state index is 5.79. The fourth-order valence-corrected chi connectivity index (χ4v) is 2.63. The van der Waals surface area contributed by atoms with Gasteiger partial charge in [0.1, 0.15) is 0 Å². The van der Waals surface area contributed by atoms with Crippen molar-refractivity contribution in [2.24, 2.45) is 10.7 Å². The predicted molar refractivity (Wildman–Crippen MR) is 71.4 cm³/mol. The van der Waals surface area contributed by atoms with E-state index in [1.54, 1.807) is 11.3 Å². The fraction of sp³-hybridized carbons (Fsp3) is 0.583. The zero-order valence-electron chi connectivity index (χ0n) is 10.1. The summed E-state index contributed by atoms with van der Waals surface area (Å²) >= 11 is 1.76. The summed E-state index contributed by atoms with van der Waals surface area (Å²) in [5.74, 6) is 0.506. The van der Waals surface area contributed by atoms with Gasteiger partial charge in [-0.25, -0.2) is 4.99 Å². The lowest BCUT2D eigenvalue weighted by Crippen LogP contribution is -2.37. The van der Waals surface area contributed by atoms with E-state index in [2.05, 4.69) is 29.4 Å². The normalized spacial score (nSPS) is 20.8. The number of nitrogens with zero attached hydrogens (tertiary/aromatic N) is 1. The second-order valence-electron chi connectivity index (χ2n) is 4.23. The first-order valence-corrected chi connectivity index (χ1v) is 6.76. The van der Waals surface area contributed by atoms with Crippen LogP contribution in [-0.4, -0.2) is 25.2 Å². The van der Waals surface area contributed by atoms with Crippen LogP contribution in [0.3, 0.4) is 0 Å². The van der Waals surface area contributed by atoms with E-state index in [1.807, 2.05) is 0 Å². The lowest BCUT2D eigenvalue weighted by Gasteiger charge is -2.10. The van der Waals surface area contributed by atoms with Gasteiger partial charge >= 0.3 is 0 Å². The molecule has 4 nitrogen and oxygen atoms in total. The van der Waals surface area contributed by atoms with Crippen molar-refractivity contribution in [1.29, 1.82) is 0 Å². The number of ether oxygens (including phenoxy) is 1. The van der Waals surface area contributed by atoms with Crippen LogP contribution >= 0.6 is 11.3 Å². The molecule has 0 radical (unpaired) electrons. The van der Waals surface area contributed by atoms with Gasteiger partial charge in [-0.1, -0.05) is 0 Å². The molecule has 0 amide bonds. The molecule has 1 aliphatic heterocycles. The molecule has 94 valence electrons. The molecule has 17 heavy (non-hydrogen) atoms. The van der Waals surface area contributed by atoms with E-state index in [4.69, 9.17) is 10.5 Å². The minimum absolute atomic E-state index is 0.299. The summed E-state index contributed by atoms with van der Waals surface area (Å²) in [6.45, 7) is 4.39. The molecule has 0 aliphatic carbocycles. The first kappa shape index (κ1) is 12.4. The van der Waals surface area contributed by atoms with Crippen LogP contribution in [0.15, 0.2) is 17.1 Å². The quantitative estimate of drug-likeness (QED) is 0.633. The Hall–Kier alpha value is -1.07. The van der Waals surface area contributed by atoms with E-state index in [0.29, 0.717) is 18.6 Å². The number of aliphatic imine (C=N–C) groups is 1. The molecule has 2 heterocycles. The van der Waals surface area contributed by atoms with Gasteiger partial charge < -0.3 is 15.8 Å². The highest BCUT2D eigenvalue weighted by Crippen LogP contribution is 2.15. The third-order valence-corrected chi connectivity index (χ3v) is 3.72. The van der Waals surface area contributed by atoms with Crippen molar-refractivity contribution in [3.63, 3.8) is 0 Å². The average molecular weight is 253 g/mol. The zero-order valence-corrected chi connectivity index (χ0v) is 10.9. The molecule has 1 unspecified atom stereocenters. The molecular weight excluding hydrogens is 234 g/mol. The summed E-state index contributed by atoms with van der Waals surface area (Å²) in [5.41, 5.74) is 5.79. The zero-order chi connectivity index (χ0) is 12.1. The Morgan fingerprint density at radius 3 is 3.18 bits per heavy atom. The van der Waals surface area contributed by atoms with Crippen molar-refractivity contribution >= 4 is 17.3 Å². The standard InChI is InChI=1S/C12H19N3OS/c1-9-4-5-11(17-9)8-15-12(13)14-7-10-3-2-6-16-10/h4-5,10H,2-3,6-8H2,1H3,(H3,13,14,15). The van der Waals surface area contributed by atoms with Crippen LogP contribution in [-0.2, 0) is 11.3 Å². The molecule has 0 saturated carbocycles. The van der Waals surface area contributed by atoms with Gasteiger partial charge in [-0.2, -0.15) is 0 Å². The summed E-state index contributed by atoms with van der Waals surface area (Å²) in [7, 11) is 0. The van der Waals surface area contributed by atoms with Gasteiger partial charge in [0, 0.05) is 22.9 Å². The monoisotopic (exact) mass is 253 g/mol. The van der Waals surface area contributed by atoms with Crippen LogP contribution in [0.2, 0.25) is 0 Å². The van der Waals surface area contributed by atoms with E-state index in [1.165, 1.54) is 9.75 Å². The van der Waals surface area contributed by atoms with Crippen molar-refractivity contribution in [2.75, 3.05) is 13.2 Å². The van der Waals surface area contributed by atoms with Crippen LogP contribution in [0.4, 0.5) is 0 Å². The SMILES string of the molecule is Cc1ccc(CN=C(N)NCC2CCCO2)s1. The number of nitrogens with two attached hydrogens (primary N) is 1. The highest BCUT2D eigenvalue weighted by Gasteiger charge is 2.14. The largest absolute Gasteiger partial charge is 0.376 e. The molecule has 5 heteroatoms. The molecule has 1 fully saturated rings. The Morgan fingerprint density at radius 1 is 1.65 bits per heavy atom. The lowest BCUT2D eigenvalue weighted by atomic mass is 10.2. The van der Waals surface area contributed by atoms with Gasteiger partial charge in [-0.05, 0) is 31.9 Å². The van der Waals surface area contributed by atoms with Crippen molar-refractivity contribution in [3.8, 4) is 0 Å². The van der Waals surface area contributed by atoms with Crippen LogP contribution in [0, 0.1) is 6.92 Å². The van der Waals surface area contributed by atoms with Crippen molar-refractivity contribution in [2.45, 2.75) is 32.4 Å². The molecule has 0 aromatic carbocycles. The maximum atomic E-state index is 5.79. The van der Waals surface area contributed by atoms with Crippen LogP contribution < -0.4 is 11.1 Å². The Labute approximate surface area is 106 Å². The minimum Gasteiger partial charge on any atom is -0.376 e. The van der Waals surface area contributed by atoms with E-state index in [9.17, 15) is 0 Å². The third-order valence-electron chi connectivity index (χ3n) is 2.74. The molecule has 3 N–H and O–H groups in total. The molecule has 1 aliphatic rings. The Morgan fingerprint density at radius 2 is 2.53 bits per heavy atom. The molecule has 1 aromatic rings. The number of thiophene rings is 1. The topological polar surface area (TPSA) is 59.6 Å². The Bertz CT molecular complexity index is 383. The lowest BCUT2D eigenvalue weighted by molar-refractivity contribution is 0.114. The molecule has 1 saturated heterocycles. The smallest absolute Gasteiger partial charge is 0.189 e. The molecule has 2 rings (SSSR count). The number of nitrogens with one attached hydrogen (secondary N) is 1. The Balaban J connectivity index is 1.73. The van der Waals surface area contributed by atoms with Gasteiger partial charge in [0.15, 0.2) is 5.96 Å². The number of hydrogen-bond acceptors (Lipinski definition) is 3. The average Bonchev–Trinajstić information content (AvgIpc) is 2.95. The summed E-state index contributed by atoms with van der Waals surface area (Å²) < 4.78 is 5.50. The van der Waals surface area contributed by atoms with Gasteiger partial charge in [0.2, 0.25) is 0 Å². The maximum Gasteiger partial charge on any atom is 0.189 e. The first-order chi connectivity index (χ1) is 8.24. The number of rotatable bonds is 4. The van der Waals surface area contributed by atoms with Crippen LogP contribution in [0.25, 0.3) is 0 Å².